The average molecular weight is 390 g/mol. The minimum atomic E-state index is -3.90. The SMILES string of the molecule is CO[C@@H]1[C@H](OC(C)C)[C@@H](/C=C/P(=O)(O)OC)O[C@H]1n1ccc(=O)[nH]c1=O. The molecule has 1 saturated heterocycles. The molecular formula is C15H23N2O8P. The van der Waals surface area contributed by atoms with E-state index in [0.717, 1.165) is 12.9 Å². The first kappa shape index (κ1) is 20.8. The fourth-order valence-electron chi connectivity index (χ4n) is 2.65. The van der Waals surface area contributed by atoms with Crippen molar-refractivity contribution in [1.29, 1.82) is 0 Å². The largest absolute Gasteiger partial charge is 0.374 e. The van der Waals surface area contributed by atoms with E-state index in [1.807, 2.05) is 13.8 Å². The number of rotatable bonds is 7. The van der Waals surface area contributed by atoms with Crippen molar-refractivity contribution in [3.05, 3.63) is 45.0 Å². The molecule has 0 spiro atoms. The lowest BCUT2D eigenvalue weighted by molar-refractivity contribution is -0.0768. The summed E-state index contributed by atoms with van der Waals surface area (Å²) in [5.41, 5.74) is -1.20. The van der Waals surface area contributed by atoms with E-state index in [0.29, 0.717) is 0 Å². The van der Waals surface area contributed by atoms with E-state index in [-0.39, 0.29) is 6.10 Å². The van der Waals surface area contributed by atoms with Crippen molar-refractivity contribution in [2.45, 2.75) is 44.5 Å². The van der Waals surface area contributed by atoms with Crippen LogP contribution in [-0.2, 0) is 23.3 Å². The van der Waals surface area contributed by atoms with E-state index in [9.17, 15) is 19.0 Å². The number of nitrogens with zero attached hydrogens (tertiary/aromatic N) is 1. The third-order valence-corrected chi connectivity index (χ3v) is 4.85. The summed E-state index contributed by atoms with van der Waals surface area (Å²) in [5.74, 6) is 0.999. The molecule has 1 aliphatic heterocycles. The fourth-order valence-corrected chi connectivity index (χ4v) is 3.15. The Balaban J connectivity index is 2.40. The Hall–Kier alpha value is -1.55. The second-order valence-electron chi connectivity index (χ2n) is 5.95. The van der Waals surface area contributed by atoms with Gasteiger partial charge in [0.15, 0.2) is 6.23 Å². The number of hydrogen-bond acceptors (Lipinski definition) is 7. The van der Waals surface area contributed by atoms with Crippen LogP contribution in [0, 0.1) is 0 Å². The van der Waals surface area contributed by atoms with E-state index in [1.165, 1.54) is 30.0 Å². The molecule has 0 bridgehead atoms. The summed E-state index contributed by atoms with van der Waals surface area (Å²) in [7, 11) is -1.34. The Morgan fingerprint density at radius 2 is 2.04 bits per heavy atom. The summed E-state index contributed by atoms with van der Waals surface area (Å²) in [5, 5.41) is 0. The first-order chi connectivity index (χ1) is 12.2. The van der Waals surface area contributed by atoms with Crippen LogP contribution in [0.3, 0.4) is 0 Å². The molecule has 0 aromatic carbocycles. The predicted octanol–water partition coefficient (Wildman–Crippen LogP) is 0.588. The number of ether oxygens (including phenoxy) is 3. The molecule has 0 radical (unpaired) electrons. The third kappa shape index (κ3) is 4.79. The van der Waals surface area contributed by atoms with Crippen molar-refractivity contribution in [3.8, 4) is 0 Å². The highest BCUT2D eigenvalue weighted by Gasteiger charge is 2.46. The molecule has 1 unspecified atom stereocenters. The zero-order chi connectivity index (χ0) is 19.5. The molecule has 10 nitrogen and oxygen atoms in total. The molecule has 26 heavy (non-hydrogen) atoms. The second kappa shape index (κ2) is 8.43. The van der Waals surface area contributed by atoms with Crippen LogP contribution in [-0.4, -0.2) is 53.1 Å². The molecule has 1 aliphatic rings. The lowest BCUT2D eigenvalue weighted by Gasteiger charge is -2.24. The van der Waals surface area contributed by atoms with Gasteiger partial charge in [0.1, 0.15) is 18.3 Å². The first-order valence-corrected chi connectivity index (χ1v) is 9.56. The quantitative estimate of drug-likeness (QED) is 0.647. The van der Waals surface area contributed by atoms with Crippen molar-refractivity contribution in [1.82, 2.24) is 9.55 Å². The maximum Gasteiger partial charge on any atom is 0.351 e. The normalized spacial score (nSPS) is 28.7. The van der Waals surface area contributed by atoms with Crippen LogP contribution in [0.2, 0.25) is 0 Å². The zero-order valence-corrected chi connectivity index (χ0v) is 15.8. The monoisotopic (exact) mass is 390 g/mol. The van der Waals surface area contributed by atoms with Gasteiger partial charge < -0.3 is 23.6 Å². The molecular weight excluding hydrogens is 367 g/mol. The lowest BCUT2D eigenvalue weighted by atomic mass is 10.1. The molecule has 0 saturated carbocycles. The van der Waals surface area contributed by atoms with Crippen LogP contribution in [0.1, 0.15) is 20.1 Å². The van der Waals surface area contributed by atoms with Gasteiger partial charge in [-0.1, -0.05) is 0 Å². The van der Waals surface area contributed by atoms with E-state index in [2.05, 4.69) is 9.51 Å². The molecule has 1 aromatic heterocycles. The Kier molecular flexibility index (Phi) is 6.73. The molecule has 1 aromatic rings. The van der Waals surface area contributed by atoms with Crippen LogP contribution in [0.5, 0.6) is 0 Å². The van der Waals surface area contributed by atoms with Crippen LogP contribution < -0.4 is 11.2 Å². The molecule has 2 heterocycles. The van der Waals surface area contributed by atoms with Crippen molar-refractivity contribution < 1.29 is 28.2 Å². The van der Waals surface area contributed by atoms with E-state index >= 15 is 0 Å². The highest BCUT2D eigenvalue weighted by molar-refractivity contribution is 7.56. The smallest absolute Gasteiger partial charge is 0.351 e. The Morgan fingerprint density at radius 3 is 2.58 bits per heavy atom. The highest BCUT2D eigenvalue weighted by Crippen LogP contribution is 2.43. The van der Waals surface area contributed by atoms with Crippen molar-refractivity contribution in [2.75, 3.05) is 14.2 Å². The van der Waals surface area contributed by atoms with Gasteiger partial charge in [0.2, 0.25) is 0 Å². The summed E-state index contributed by atoms with van der Waals surface area (Å²) >= 11 is 0. The molecule has 11 heteroatoms. The summed E-state index contributed by atoms with van der Waals surface area (Å²) in [6.07, 6.45) is -0.576. The van der Waals surface area contributed by atoms with Crippen molar-refractivity contribution in [3.63, 3.8) is 0 Å². The Morgan fingerprint density at radius 1 is 1.35 bits per heavy atom. The van der Waals surface area contributed by atoms with Gasteiger partial charge in [0.25, 0.3) is 5.56 Å². The van der Waals surface area contributed by atoms with Crippen LogP contribution in [0.4, 0.5) is 0 Å². The van der Waals surface area contributed by atoms with E-state index < -0.39 is 43.4 Å². The summed E-state index contributed by atoms with van der Waals surface area (Å²) in [4.78, 5) is 35.1. The van der Waals surface area contributed by atoms with Crippen LogP contribution >= 0.6 is 7.60 Å². The van der Waals surface area contributed by atoms with E-state index in [1.54, 1.807) is 0 Å². The molecule has 1 fully saturated rings. The summed E-state index contributed by atoms with van der Waals surface area (Å²) in [6, 6.07) is 1.19. The minimum absolute atomic E-state index is 0.188. The Labute approximate surface area is 149 Å². The van der Waals surface area contributed by atoms with Gasteiger partial charge in [0, 0.05) is 32.3 Å². The molecule has 2 N–H and O–H groups in total. The molecule has 5 atom stereocenters. The molecule has 0 aliphatic carbocycles. The minimum Gasteiger partial charge on any atom is -0.374 e. The molecule has 2 rings (SSSR count). The van der Waals surface area contributed by atoms with Crippen LogP contribution in [0.25, 0.3) is 0 Å². The fraction of sp³-hybridized carbons (Fsp3) is 0.600. The number of methoxy groups -OCH3 is 1. The number of aromatic nitrogens is 2. The maximum absolute atomic E-state index is 12.1. The summed E-state index contributed by atoms with van der Waals surface area (Å²) in [6.45, 7) is 3.64. The van der Waals surface area contributed by atoms with Gasteiger partial charge in [-0.2, -0.15) is 0 Å². The molecule has 146 valence electrons. The summed E-state index contributed by atoms with van der Waals surface area (Å²) < 4.78 is 34.5. The van der Waals surface area contributed by atoms with Gasteiger partial charge in [-0.25, -0.2) is 4.79 Å². The highest BCUT2D eigenvalue weighted by atomic mass is 31.2. The second-order valence-corrected chi connectivity index (χ2v) is 7.74. The first-order valence-electron chi connectivity index (χ1n) is 7.91. The maximum atomic E-state index is 12.1. The third-order valence-electron chi connectivity index (χ3n) is 3.78. The predicted molar refractivity (Wildman–Crippen MR) is 92.0 cm³/mol. The van der Waals surface area contributed by atoms with Gasteiger partial charge in [-0.05, 0) is 19.9 Å². The zero-order valence-electron chi connectivity index (χ0n) is 14.9. The van der Waals surface area contributed by atoms with Gasteiger partial charge in [0.05, 0.1) is 6.10 Å². The lowest BCUT2D eigenvalue weighted by Crippen LogP contribution is -2.40. The number of nitrogens with one attached hydrogen (secondary N) is 1. The Bertz CT molecular complexity index is 801. The standard InChI is InChI=1S/C15H23N2O8P/c1-9(2)24-12-10(6-8-26(20,21)23-4)25-14(13(12)22-3)17-7-5-11(18)16-15(17)19/h5-10,12-14H,1-4H3,(H,20,21)(H,16,18,19)/b8-6+/t10-,12-,13-,14-/m1/s1. The van der Waals surface area contributed by atoms with Crippen molar-refractivity contribution in [2.24, 2.45) is 0 Å². The molecule has 0 amide bonds. The number of H-pyrrole nitrogens is 1. The van der Waals surface area contributed by atoms with Crippen molar-refractivity contribution >= 4 is 7.60 Å². The van der Waals surface area contributed by atoms with Crippen LogP contribution in [0.15, 0.2) is 33.7 Å². The number of aromatic amines is 1. The number of hydrogen-bond donors (Lipinski definition) is 2. The average Bonchev–Trinajstić information content (AvgIpc) is 2.89. The van der Waals surface area contributed by atoms with Gasteiger partial charge in [-0.15, -0.1) is 0 Å². The topological polar surface area (TPSA) is 129 Å². The van der Waals surface area contributed by atoms with Gasteiger partial charge in [-0.3, -0.25) is 18.9 Å². The van der Waals surface area contributed by atoms with E-state index in [4.69, 9.17) is 14.2 Å². The van der Waals surface area contributed by atoms with Gasteiger partial charge >= 0.3 is 13.3 Å².